The van der Waals surface area contributed by atoms with E-state index in [1.165, 1.54) is 0 Å². The molecule has 2 aliphatic heterocycles. The van der Waals surface area contributed by atoms with Gasteiger partial charge >= 0.3 is 0 Å². The number of amides is 1. The van der Waals surface area contributed by atoms with Gasteiger partial charge in [0.05, 0.1) is 25.3 Å². The molecule has 2 aromatic carbocycles. The number of aryl methyl sites for hydroxylation is 1. The fraction of sp³-hybridized carbons (Fsp3) is 0.444. The van der Waals surface area contributed by atoms with Gasteiger partial charge in [0.2, 0.25) is 17.6 Å². The van der Waals surface area contributed by atoms with Crippen LogP contribution in [0.15, 0.2) is 53.1 Å². The van der Waals surface area contributed by atoms with Crippen molar-refractivity contribution in [3.63, 3.8) is 0 Å². The van der Waals surface area contributed by atoms with Crippen LogP contribution in [0.3, 0.4) is 0 Å². The first-order valence-corrected chi connectivity index (χ1v) is 12.4. The summed E-state index contributed by atoms with van der Waals surface area (Å²) in [5.41, 5.74) is 3.20. The molecule has 5 rings (SSSR count). The van der Waals surface area contributed by atoms with Crippen LogP contribution >= 0.6 is 0 Å². The molecule has 1 unspecified atom stereocenters. The third-order valence-electron chi connectivity index (χ3n) is 7.08. The number of piperidine rings is 1. The van der Waals surface area contributed by atoms with Gasteiger partial charge in [-0.15, -0.1) is 0 Å². The van der Waals surface area contributed by atoms with Gasteiger partial charge in [-0.1, -0.05) is 41.6 Å². The van der Waals surface area contributed by atoms with E-state index in [2.05, 4.69) is 26.0 Å². The van der Waals surface area contributed by atoms with Crippen molar-refractivity contribution in [1.29, 1.82) is 0 Å². The van der Waals surface area contributed by atoms with Crippen LogP contribution in [0.1, 0.15) is 24.3 Å². The Morgan fingerprint density at radius 2 is 1.83 bits per heavy atom. The maximum absolute atomic E-state index is 13.3. The normalized spacial score (nSPS) is 19.1. The highest BCUT2D eigenvalue weighted by Crippen LogP contribution is 2.29. The molecule has 0 bridgehead atoms. The van der Waals surface area contributed by atoms with Crippen LogP contribution in [0, 0.1) is 12.8 Å². The maximum Gasteiger partial charge on any atom is 0.241 e. The van der Waals surface area contributed by atoms with E-state index in [-0.39, 0.29) is 11.8 Å². The Labute approximate surface area is 206 Å². The lowest BCUT2D eigenvalue weighted by atomic mass is 9.96. The summed E-state index contributed by atoms with van der Waals surface area (Å²) in [7, 11) is 1.70. The van der Waals surface area contributed by atoms with Gasteiger partial charge in [0.25, 0.3) is 0 Å². The lowest BCUT2D eigenvalue weighted by Crippen LogP contribution is -2.52. The van der Waals surface area contributed by atoms with Crippen LogP contribution in [0.25, 0.3) is 11.4 Å². The summed E-state index contributed by atoms with van der Waals surface area (Å²) in [4.78, 5) is 24.6. The number of carbonyl (C=O) groups excluding carboxylic acids is 1. The molecule has 0 saturated carbocycles. The number of methoxy groups -OCH3 is 1. The SMILES string of the molecule is COc1ccccc1N1CCN(C(=O)C2CCCN(Cc3nc(-c4ccccc4C)no3)C2)CC1. The summed E-state index contributed by atoms with van der Waals surface area (Å²) in [6.45, 7) is 7.37. The van der Waals surface area contributed by atoms with E-state index < -0.39 is 0 Å². The summed E-state index contributed by atoms with van der Waals surface area (Å²) >= 11 is 0. The van der Waals surface area contributed by atoms with E-state index in [9.17, 15) is 4.79 Å². The number of aromatic nitrogens is 2. The number of likely N-dealkylation sites (tertiary alicyclic amines) is 1. The minimum absolute atomic E-state index is 0.0142. The summed E-state index contributed by atoms with van der Waals surface area (Å²) < 4.78 is 11.1. The number of hydrogen-bond acceptors (Lipinski definition) is 7. The fourth-order valence-electron chi connectivity index (χ4n) is 5.16. The highest BCUT2D eigenvalue weighted by molar-refractivity contribution is 5.79. The number of nitrogens with zero attached hydrogens (tertiary/aromatic N) is 5. The third-order valence-corrected chi connectivity index (χ3v) is 7.08. The van der Waals surface area contributed by atoms with Crippen molar-refractivity contribution in [2.75, 3.05) is 51.3 Å². The standard InChI is InChI=1S/C27H33N5O3/c1-20-8-3-4-10-22(20)26-28-25(35-29-26)19-30-13-7-9-21(18-30)27(33)32-16-14-31(15-17-32)23-11-5-6-12-24(23)34-2/h3-6,8,10-12,21H,7,9,13-19H2,1-2H3. The predicted molar refractivity (Wildman–Crippen MR) is 134 cm³/mol. The van der Waals surface area contributed by atoms with E-state index in [1.807, 2.05) is 54.3 Å². The Balaban J connectivity index is 1.16. The second-order valence-electron chi connectivity index (χ2n) is 9.39. The van der Waals surface area contributed by atoms with Crippen LogP contribution in [-0.4, -0.2) is 72.2 Å². The molecular formula is C27H33N5O3. The van der Waals surface area contributed by atoms with Gasteiger partial charge < -0.3 is 19.1 Å². The number of anilines is 1. The zero-order valence-electron chi connectivity index (χ0n) is 20.5. The maximum atomic E-state index is 13.3. The molecule has 0 N–H and O–H groups in total. The molecule has 2 fully saturated rings. The van der Waals surface area contributed by atoms with E-state index in [4.69, 9.17) is 9.26 Å². The molecule has 35 heavy (non-hydrogen) atoms. The molecule has 184 valence electrons. The molecule has 0 spiro atoms. The average Bonchev–Trinajstić information content (AvgIpc) is 3.37. The first-order valence-electron chi connectivity index (χ1n) is 12.4. The number of benzene rings is 2. The number of hydrogen-bond donors (Lipinski definition) is 0. The molecule has 3 heterocycles. The van der Waals surface area contributed by atoms with Crippen LogP contribution in [0.4, 0.5) is 5.69 Å². The van der Waals surface area contributed by atoms with Crippen LogP contribution in [0.5, 0.6) is 5.75 Å². The van der Waals surface area contributed by atoms with Crippen molar-refractivity contribution in [2.24, 2.45) is 5.92 Å². The molecular weight excluding hydrogens is 442 g/mol. The number of ether oxygens (including phenoxy) is 1. The molecule has 2 saturated heterocycles. The molecule has 2 aliphatic rings. The number of carbonyl (C=O) groups is 1. The zero-order chi connectivity index (χ0) is 24.2. The number of rotatable bonds is 6. The second kappa shape index (κ2) is 10.5. The highest BCUT2D eigenvalue weighted by Gasteiger charge is 2.32. The molecule has 1 aromatic heterocycles. The summed E-state index contributed by atoms with van der Waals surface area (Å²) in [5, 5.41) is 4.18. The fourth-order valence-corrected chi connectivity index (χ4v) is 5.16. The van der Waals surface area contributed by atoms with Crippen molar-refractivity contribution >= 4 is 11.6 Å². The lowest BCUT2D eigenvalue weighted by Gasteiger charge is -2.39. The van der Waals surface area contributed by atoms with Gasteiger partial charge in [-0.05, 0) is 44.0 Å². The van der Waals surface area contributed by atoms with Gasteiger partial charge in [0.1, 0.15) is 5.75 Å². The van der Waals surface area contributed by atoms with Gasteiger partial charge in [-0.25, -0.2) is 0 Å². The summed E-state index contributed by atoms with van der Waals surface area (Å²) in [5.74, 6) is 2.38. The largest absolute Gasteiger partial charge is 0.495 e. The Morgan fingerprint density at radius 1 is 1.06 bits per heavy atom. The monoisotopic (exact) mass is 475 g/mol. The van der Waals surface area contributed by atoms with E-state index in [0.717, 1.165) is 74.7 Å². The van der Waals surface area contributed by atoms with Crippen LogP contribution in [-0.2, 0) is 11.3 Å². The topological polar surface area (TPSA) is 74.9 Å². The van der Waals surface area contributed by atoms with E-state index >= 15 is 0 Å². The van der Waals surface area contributed by atoms with Gasteiger partial charge in [-0.3, -0.25) is 9.69 Å². The van der Waals surface area contributed by atoms with Gasteiger partial charge in [0, 0.05) is 38.3 Å². The Hall–Kier alpha value is -3.39. The predicted octanol–water partition coefficient (Wildman–Crippen LogP) is 3.61. The Bertz CT molecular complexity index is 1150. The lowest BCUT2D eigenvalue weighted by molar-refractivity contribution is -0.137. The summed E-state index contributed by atoms with van der Waals surface area (Å²) in [6, 6.07) is 16.1. The van der Waals surface area contributed by atoms with Crippen LogP contribution < -0.4 is 9.64 Å². The molecule has 0 aliphatic carbocycles. The van der Waals surface area contributed by atoms with E-state index in [0.29, 0.717) is 18.3 Å². The highest BCUT2D eigenvalue weighted by atomic mass is 16.5. The van der Waals surface area contributed by atoms with Crippen molar-refractivity contribution in [3.05, 3.63) is 60.0 Å². The minimum atomic E-state index is 0.0142. The molecule has 0 radical (unpaired) electrons. The van der Waals surface area contributed by atoms with E-state index in [1.54, 1.807) is 7.11 Å². The van der Waals surface area contributed by atoms with Crippen molar-refractivity contribution in [2.45, 2.75) is 26.3 Å². The average molecular weight is 476 g/mol. The second-order valence-corrected chi connectivity index (χ2v) is 9.39. The molecule has 1 amide bonds. The summed E-state index contributed by atoms with van der Waals surface area (Å²) in [6.07, 6.45) is 1.93. The Kier molecular flexibility index (Phi) is 6.99. The minimum Gasteiger partial charge on any atom is -0.495 e. The molecule has 8 heteroatoms. The first kappa shape index (κ1) is 23.4. The Morgan fingerprint density at radius 3 is 2.63 bits per heavy atom. The first-order chi connectivity index (χ1) is 17.1. The van der Waals surface area contributed by atoms with Gasteiger partial charge in [0.15, 0.2) is 0 Å². The number of para-hydroxylation sites is 2. The molecule has 1 atom stereocenters. The molecule has 8 nitrogen and oxygen atoms in total. The van der Waals surface area contributed by atoms with Crippen molar-refractivity contribution in [3.8, 4) is 17.1 Å². The number of piperazine rings is 1. The van der Waals surface area contributed by atoms with Crippen molar-refractivity contribution in [1.82, 2.24) is 19.9 Å². The molecule has 3 aromatic rings. The zero-order valence-corrected chi connectivity index (χ0v) is 20.5. The smallest absolute Gasteiger partial charge is 0.241 e. The third kappa shape index (κ3) is 5.17. The van der Waals surface area contributed by atoms with Crippen molar-refractivity contribution < 1.29 is 14.1 Å². The van der Waals surface area contributed by atoms with Crippen LogP contribution in [0.2, 0.25) is 0 Å². The quantitative estimate of drug-likeness (QED) is 0.539. The van der Waals surface area contributed by atoms with Gasteiger partial charge in [-0.2, -0.15) is 4.98 Å².